The van der Waals surface area contributed by atoms with Crippen molar-refractivity contribution in [1.29, 1.82) is 0 Å². The van der Waals surface area contributed by atoms with Gasteiger partial charge < -0.3 is 9.64 Å². The fourth-order valence-electron chi connectivity index (χ4n) is 2.31. The van der Waals surface area contributed by atoms with Crippen LogP contribution in [0.1, 0.15) is 23.2 Å². The largest absolute Gasteiger partial charge is 0.496 e. The molecule has 1 fully saturated rings. The first-order valence-electron chi connectivity index (χ1n) is 6.34. The number of hydrogen-bond donors (Lipinski definition) is 0. The van der Waals surface area contributed by atoms with E-state index in [9.17, 15) is 4.79 Å². The van der Waals surface area contributed by atoms with Crippen LogP contribution in [0.2, 0.25) is 5.02 Å². The van der Waals surface area contributed by atoms with Crippen molar-refractivity contribution < 1.29 is 9.53 Å². The van der Waals surface area contributed by atoms with Gasteiger partial charge in [0, 0.05) is 23.4 Å². The van der Waals surface area contributed by atoms with E-state index in [-0.39, 0.29) is 5.91 Å². The van der Waals surface area contributed by atoms with Crippen molar-refractivity contribution in [2.24, 2.45) is 5.92 Å². The minimum atomic E-state index is 0.00683. The molecule has 0 bridgehead atoms. The Morgan fingerprint density at radius 2 is 2.16 bits per heavy atom. The molecular formula is C14H17BrClNO2. The van der Waals surface area contributed by atoms with Crippen LogP contribution in [0.4, 0.5) is 0 Å². The lowest BCUT2D eigenvalue weighted by Gasteiger charge is -2.31. The number of amides is 1. The lowest BCUT2D eigenvalue weighted by Crippen LogP contribution is -2.38. The van der Waals surface area contributed by atoms with E-state index in [0.29, 0.717) is 22.3 Å². The van der Waals surface area contributed by atoms with Crippen molar-refractivity contribution in [1.82, 2.24) is 4.90 Å². The Balaban J connectivity index is 2.14. The zero-order valence-corrected chi connectivity index (χ0v) is 13.2. The first-order chi connectivity index (χ1) is 9.15. The van der Waals surface area contributed by atoms with Crippen LogP contribution >= 0.6 is 27.5 Å². The SMILES string of the molecule is COc1ccc(Cl)cc1C(=O)N1CCC(CBr)CC1. The zero-order chi connectivity index (χ0) is 13.8. The minimum Gasteiger partial charge on any atom is -0.496 e. The third kappa shape index (κ3) is 3.42. The van der Waals surface area contributed by atoms with Gasteiger partial charge in [-0.15, -0.1) is 0 Å². The number of ether oxygens (including phenoxy) is 1. The van der Waals surface area contributed by atoms with Crippen molar-refractivity contribution in [2.45, 2.75) is 12.8 Å². The second-order valence-electron chi connectivity index (χ2n) is 4.73. The molecular weight excluding hydrogens is 330 g/mol. The predicted molar refractivity (Wildman–Crippen MR) is 80.4 cm³/mol. The molecule has 19 heavy (non-hydrogen) atoms. The molecule has 0 aliphatic carbocycles. The topological polar surface area (TPSA) is 29.5 Å². The molecule has 0 spiro atoms. The van der Waals surface area contributed by atoms with Crippen LogP contribution in [0.5, 0.6) is 5.75 Å². The van der Waals surface area contributed by atoms with Crippen LogP contribution < -0.4 is 4.74 Å². The number of rotatable bonds is 3. The standard InChI is InChI=1S/C14H17BrClNO2/c1-19-13-3-2-11(16)8-12(13)14(18)17-6-4-10(9-15)5-7-17/h2-3,8,10H,4-7,9H2,1H3. The average molecular weight is 347 g/mol. The number of hydrogen-bond acceptors (Lipinski definition) is 2. The lowest BCUT2D eigenvalue weighted by molar-refractivity contribution is 0.0695. The van der Waals surface area contributed by atoms with E-state index in [0.717, 1.165) is 31.3 Å². The molecule has 1 amide bonds. The molecule has 0 saturated carbocycles. The summed E-state index contributed by atoms with van der Waals surface area (Å²) in [7, 11) is 1.57. The van der Waals surface area contributed by atoms with Crippen LogP contribution in [0, 0.1) is 5.92 Å². The molecule has 1 aliphatic heterocycles. The van der Waals surface area contributed by atoms with Gasteiger partial charge in [0.1, 0.15) is 5.75 Å². The summed E-state index contributed by atoms with van der Waals surface area (Å²) in [6.07, 6.45) is 2.08. The van der Waals surface area contributed by atoms with E-state index in [4.69, 9.17) is 16.3 Å². The van der Waals surface area contributed by atoms with Crippen LogP contribution in [0.25, 0.3) is 0 Å². The van der Waals surface area contributed by atoms with Gasteiger partial charge in [0.25, 0.3) is 5.91 Å². The van der Waals surface area contributed by atoms with Crippen molar-refractivity contribution in [3.8, 4) is 5.75 Å². The van der Waals surface area contributed by atoms with Gasteiger partial charge in [-0.1, -0.05) is 27.5 Å². The third-order valence-corrected chi connectivity index (χ3v) is 4.66. The van der Waals surface area contributed by atoms with Gasteiger partial charge in [0.2, 0.25) is 0 Å². The molecule has 0 N–H and O–H groups in total. The van der Waals surface area contributed by atoms with Crippen LogP contribution in [0.15, 0.2) is 18.2 Å². The molecule has 104 valence electrons. The Bertz CT molecular complexity index is 459. The molecule has 0 unspecified atom stereocenters. The summed E-state index contributed by atoms with van der Waals surface area (Å²) in [5.74, 6) is 1.26. The monoisotopic (exact) mass is 345 g/mol. The maximum absolute atomic E-state index is 12.5. The first-order valence-corrected chi connectivity index (χ1v) is 7.84. The van der Waals surface area contributed by atoms with E-state index in [2.05, 4.69) is 15.9 Å². The molecule has 0 aromatic heterocycles. The van der Waals surface area contributed by atoms with Gasteiger partial charge >= 0.3 is 0 Å². The second kappa shape index (κ2) is 6.62. The average Bonchev–Trinajstić information content (AvgIpc) is 2.46. The highest BCUT2D eigenvalue weighted by Crippen LogP contribution is 2.26. The van der Waals surface area contributed by atoms with E-state index >= 15 is 0 Å². The molecule has 1 saturated heterocycles. The maximum Gasteiger partial charge on any atom is 0.257 e. The van der Waals surface area contributed by atoms with Crippen LogP contribution in [-0.4, -0.2) is 36.3 Å². The minimum absolute atomic E-state index is 0.00683. The molecule has 5 heteroatoms. The van der Waals surface area contributed by atoms with Crippen molar-refractivity contribution in [3.63, 3.8) is 0 Å². The summed E-state index contributed by atoms with van der Waals surface area (Å²) in [6.45, 7) is 1.59. The van der Waals surface area contributed by atoms with Gasteiger partial charge in [-0.25, -0.2) is 0 Å². The normalized spacial score (nSPS) is 16.5. The molecule has 1 aliphatic rings. The second-order valence-corrected chi connectivity index (χ2v) is 5.82. The van der Waals surface area contributed by atoms with Crippen molar-refractivity contribution in [3.05, 3.63) is 28.8 Å². The summed E-state index contributed by atoms with van der Waals surface area (Å²) >= 11 is 9.47. The fraction of sp³-hybridized carbons (Fsp3) is 0.500. The zero-order valence-electron chi connectivity index (χ0n) is 10.9. The van der Waals surface area contributed by atoms with E-state index in [1.54, 1.807) is 25.3 Å². The molecule has 3 nitrogen and oxygen atoms in total. The molecule has 1 aromatic rings. The van der Waals surface area contributed by atoms with E-state index in [1.807, 2.05) is 4.90 Å². The number of halogens is 2. The summed E-state index contributed by atoms with van der Waals surface area (Å²) in [5, 5.41) is 1.56. The van der Waals surface area contributed by atoms with Gasteiger partial charge in [0.15, 0.2) is 0 Å². The number of carbonyl (C=O) groups is 1. The summed E-state index contributed by atoms with van der Waals surface area (Å²) in [5.41, 5.74) is 0.548. The highest BCUT2D eigenvalue weighted by atomic mass is 79.9. The smallest absolute Gasteiger partial charge is 0.257 e. The number of benzene rings is 1. The maximum atomic E-state index is 12.5. The highest BCUT2D eigenvalue weighted by molar-refractivity contribution is 9.09. The van der Waals surface area contributed by atoms with E-state index < -0.39 is 0 Å². The molecule has 1 aromatic carbocycles. The quantitative estimate of drug-likeness (QED) is 0.783. The van der Waals surface area contributed by atoms with Gasteiger partial charge in [-0.3, -0.25) is 4.79 Å². The highest BCUT2D eigenvalue weighted by Gasteiger charge is 2.25. The van der Waals surface area contributed by atoms with Crippen LogP contribution in [0.3, 0.4) is 0 Å². The predicted octanol–water partition coefficient (Wildman–Crippen LogP) is 3.60. The number of carbonyl (C=O) groups excluding carboxylic acids is 1. The summed E-state index contributed by atoms with van der Waals surface area (Å²) in [6, 6.07) is 5.15. The lowest BCUT2D eigenvalue weighted by atomic mass is 9.98. The Kier molecular flexibility index (Phi) is 5.11. The van der Waals surface area contributed by atoms with Crippen molar-refractivity contribution >= 4 is 33.4 Å². The number of piperidine rings is 1. The Labute approximate surface area is 127 Å². The molecule has 1 heterocycles. The van der Waals surface area contributed by atoms with E-state index in [1.165, 1.54) is 0 Å². The van der Waals surface area contributed by atoms with Gasteiger partial charge in [-0.05, 0) is 37.0 Å². The third-order valence-electron chi connectivity index (χ3n) is 3.51. The Morgan fingerprint density at radius 3 is 2.74 bits per heavy atom. The Morgan fingerprint density at radius 1 is 1.47 bits per heavy atom. The van der Waals surface area contributed by atoms with Crippen LogP contribution in [-0.2, 0) is 0 Å². The first kappa shape index (κ1) is 14.7. The van der Waals surface area contributed by atoms with Gasteiger partial charge in [0.05, 0.1) is 12.7 Å². The van der Waals surface area contributed by atoms with Crippen molar-refractivity contribution in [2.75, 3.05) is 25.5 Å². The molecule has 0 atom stereocenters. The number of likely N-dealkylation sites (tertiary alicyclic amines) is 1. The number of methoxy groups -OCH3 is 1. The van der Waals surface area contributed by atoms with Gasteiger partial charge in [-0.2, -0.15) is 0 Å². The molecule has 0 radical (unpaired) electrons. The number of alkyl halides is 1. The summed E-state index contributed by atoms with van der Waals surface area (Å²) < 4.78 is 5.24. The summed E-state index contributed by atoms with van der Waals surface area (Å²) in [4.78, 5) is 14.4. The fourth-order valence-corrected chi connectivity index (χ4v) is 3.13. The molecule has 2 rings (SSSR count). The Hall–Kier alpha value is -0.740. The number of nitrogens with zero attached hydrogens (tertiary/aromatic N) is 1.